The molecule has 0 spiro atoms. The number of rotatable bonds is 7. The molecule has 1 rings (SSSR count). The van der Waals surface area contributed by atoms with Gasteiger partial charge in [-0.3, -0.25) is 4.79 Å². The average molecular weight is 328 g/mol. The summed E-state index contributed by atoms with van der Waals surface area (Å²) in [5.41, 5.74) is 6.29. The van der Waals surface area contributed by atoms with Gasteiger partial charge in [0.1, 0.15) is 5.82 Å². The molecule has 5 heteroatoms. The van der Waals surface area contributed by atoms with E-state index in [1.807, 2.05) is 4.90 Å². The number of unbranched alkanes of at least 4 members (excludes halogenated alkanes) is 2. The van der Waals surface area contributed by atoms with E-state index in [-0.39, 0.29) is 5.91 Å². The zero-order valence-corrected chi connectivity index (χ0v) is 13.2. The van der Waals surface area contributed by atoms with E-state index in [0.29, 0.717) is 11.4 Å². The lowest BCUT2D eigenvalue weighted by atomic mass is 10.2. The first-order valence-corrected chi connectivity index (χ1v) is 7.59. The normalized spacial score (nSPS) is 10.5. The molecule has 0 fully saturated rings. The van der Waals surface area contributed by atoms with E-state index in [4.69, 9.17) is 5.73 Å². The molecule has 0 bridgehead atoms. The summed E-state index contributed by atoms with van der Waals surface area (Å²) in [4.78, 5) is 18.4. The summed E-state index contributed by atoms with van der Waals surface area (Å²) in [7, 11) is 0. The molecule has 1 aromatic heterocycles. The lowest BCUT2D eigenvalue weighted by molar-refractivity contribution is 0.0751. The van der Waals surface area contributed by atoms with Crippen molar-refractivity contribution in [1.29, 1.82) is 0 Å². The van der Waals surface area contributed by atoms with Crippen LogP contribution in [0.2, 0.25) is 0 Å². The van der Waals surface area contributed by atoms with Crippen molar-refractivity contribution < 1.29 is 4.79 Å². The topological polar surface area (TPSA) is 59.2 Å². The fourth-order valence-electron chi connectivity index (χ4n) is 1.80. The molecule has 1 amide bonds. The average Bonchev–Trinajstić information content (AvgIpc) is 2.41. The smallest absolute Gasteiger partial charge is 0.257 e. The number of amides is 1. The van der Waals surface area contributed by atoms with E-state index < -0.39 is 0 Å². The molecule has 0 aliphatic carbocycles. The maximum Gasteiger partial charge on any atom is 0.257 e. The number of hydrogen-bond acceptors (Lipinski definition) is 3. The van der Waals surface area contributed by atoms with Gasteiger partial charge >= 0.3 is 0 Å². The van der Waals surface area contributed by atoms with Crippen molar-refractivity contribution in [1.82, 2.24) is 9.88 Å². The first kappa shape index (κ1) is 16.0. The molecule has 0 atom stereocenters. The van der Waals surface area contributed by atoms with Crippen LogP contribution in [0.5, 0.6) is 0 Å². The second kappa shape index (κ2) is 8.15. The number of carbonyl (C=O) groups excluding carboxylic acids is 1. The Morgan fingerprint density at radius 3 is 2.42 bits per heavy atom. The number of hydrogen-bond donors (Lipinski definition) is 1. The van der Waals surface area contributed by atoms with Crippen molar-refractivity contribution in [2.24, 2.45) is 0 Å². The highest BCUT2D eigenvalue weighted by molar-refractivity contribution is 9.10. The Balaban J connectivity index is 2.87. The second-order valence-electron chi connectivity index (χ2n) is 4.59. The fraction of sp³-hybridized carbons (Fsp3) is 0.571. The molecule has 106 valence electrons. The zero-order chi connectivity index (χ0) is 14.3. The van der Waals surface area contributed by atoms with Crippen molar-refractivity contribution in [2.75, 3.05) is 18.8 Å². The molecular weight excluding hydrogens is 306 g/mol. The van der Waals surface area contributed by atoms with Gasteiger partial charge in [0.2, 0.25) is 0 Å². The Morgan fingerprint density at radius 1 is 1.32 bits per heavy atom. The number of halogens is 1. The number of aromatic nitrogens is 1. The summed E-state index contributed by atoms with van der Waals surface area (Å²) in [6, 6.07) is 1.75. The lowest BCUT2D eigenvalue weighted by Crippen LogP contribution is -2.33. The summed E-state index contributed by atoms with van der Waals surface area (Å²) in [6.45, 7) is 5.80. The van der Waals surface area contributed by atoms with E-state index in [0.717, 1.165) is 43.2 Å². The minimum absolute atomic E-state index is 0.0202. The lowest BCUT2D eigenvalue weighted by Gasteiger charge is -2.23. The summed E-state index contributed by atoms with van der Waals surface area (Å²) in [5.74, 6) is 0.277. The van der Waals surface area contributed by atoms with Gasteiger partial charge in [0.25, 0.3) is 5.91 Å². The van der Waals surface area contributed by atoms with Crippen LogP contribution in [0.25, 0.3) is 0 Å². The third-order valence-electron chi connectivity index (χ3n) is 2.97. The van der Waals surface area contributed by atoms with Crippen LogP contribution in [-0.2, 0) is 0 Å². The minimum atomic E-state index is -0.0202. The summed E-state index contributed by atoms with van der Waals surface area (Å²) >= 11 is 3.33. The fourth-order valence-corrected chi connectivity index (χ4v) is 2.14. The van der Waals surface area contributed by atoms with Gasteiger partial charge in [0, 0.05) is 23.8 Å². The molecule has 0 aromatic carbocycles. The van der Waals surface area contributed by atoms with Crippen molar-refractivity contribution in [2.45, 2.75) is 39.5 Å². The number of nitrogen functional groups attached to an aromatic ring is 1. The molecule has 0 saturated carbocycles. The van der Waals surface area contributed by atoms with E-state index in [2.05, 4.69) is 34.8 Å². The monoisotopic (exact) mass is 327 g/mol. The van der Waals surface area contributed by atoms with Crippen LogP contribution >= 0.6 is 15.9 Å². The number of carbonyl (C=O) groups is 1. The molecule has 1 heterocycles. The highest BCUT2D eigenvalue weighted by Crippen LogP contribution is 2.18. The van der Waals surface area contributed by atoms with Gasteiger partial charge in [-0.25, -0.2) is 4.98 Å². The summed E-state index contributed by atoms with van der Waals surface area (Å²) in [6.07, 6.45) is 5.77. The van der Waals surface area contributed by atoms with E-state index >= 15 is 0 Å². The zero-order valence-electron chi connectivity index (χ0n) is 11.7. The van der Waals surface area contributed by atoms with Crippen LogP contribution in [0.3, 0.4) is 0 Å². The van der Waals surface area contributed by atoms with Crippen molar-refractivity contribution in [3.63, 3.8) is 0 Å². The predicted octanol–water partition coefficient (Wildman–Crippen LogP) is 3.47. The van der Waals surface area contributed by atoms with Gasteiger partial charge in [-0.05, 0) is 34.8 Å². The SMILES string of the molecule is CCCCN(CCCC)C(=O)c1cc(Br)cnc1N. The van der Waals surface area contributed by atoms with Crippen LogP contribution in [0.1, 0.15) is 49.9 Å². The standard InChI is InChI=1S/C14H22BrN3O/c1-3-5-7-18(8-6-4-2)14(19)12-9-11(15)10-17-13(12)16/h9-10H,3-8H2,1-2H3,(H2,16,17). The van der Waals surface area contributed by atoms with E-state index in [1.54, 1.807) is 12.3 Å². The molecule has 1 aromatic rings. The predicted molar refractivity (Wildman–Crippen MR) is 82.1 cm³/mol. The van der Waals surface area contributed by atoms with Crippen molar-refractivity contribution >= 4 is 27.7 Å². The van der Waals surface area contributed by atoms with E-state index in [9.17, 15) is 4.79 Å². The summed E-state index contributed by atoms with van der Waals surface area (Å²) in [5, 5.41) is 0. The first-order valence-electron chi connectivity index (χ1n) is 6.80. The minimum Gasteiger partial charge on any atom is -0.383 e. The molecule has 19 heavy (non-hydrogen) atoms. The van der Waals surface area contributed by atoms with Gasteiger partial charge < -0.3 is 10.6 Å². The van der Waals surface area contributed by atoms with Gasteiger partial charge in [-0.1, -0.05) is 26.7 Å². The van der Waals surface area contributed by atoms with Crippen LogP contribution in [-0.4, -0.2) is 28.9 Å². The third-order valence-corrected chi connectivity index (χ3v) is 3.40. The molecule has 0 saturated heterocycles. The van der Waals surface area contributed by atoms with Gasteiger partial charge in [0.15, 0.2) is 0 Å². The molecular formula is C14H22BrN3O. The molecule has 0 radical (unpaired) electrons. The first-order chi connectivity index (χ1) is 9.10. The second-order valence-corrected chi connectivity index (χ2v) is 5.50. The third kappa shape index (κ3) is 4.82. The van der Waals surface area contributed by atoms with Crippen molar-refractivity contribution in [3.8, 4) is 0 Å². The van der Waals surface area contributed by atoms with Gasteiger partial charge in [-0.2, -0.15) is 0 Å². The Hall–Kier alpha value is -1.10. The summed E-state index contributed by atoms with van der Waals surface area (Å²) < 4.78 is 0.774. The largest absolute Gasteiger partial charge is 0.383 e. The Bertz CT molecular complexity index is 415. The van der Waals surface area contributed by atoms with Crippen LogP contribution in [0.15, 0.2) is 16.7 Å². The van der Waals surface area contributed by atoms with Crippen LogP contribution < -0.4 is 5.73 Å². The molecule has 0 aliphatic heterocycles. The van der Waals surface area contributed by atoms with Gasteiger partial charge in [-0.15, -0.1) is 0 Å². The van der Waals surface area contributed by atoms with Crippen LogP contribution in [0, 0.1) is 0 Å². The molecule has 0 unspecified atom stereocenters. The number of pyridine rings is 1. The quantitative estimate of drug-likeness (QED) is 0.834. The maximum atomic E-state index is 12.5. The Morgan fingerprint density at radius 2 is 1.89 bits per heavy atom. The highest BCUT2D eigenvalue weighted by Gasteiger charge is 2.18. The van der Waals surface area contributed by atoms with E-state index in [1.165, 1.54) is 0 Å². The number of anilines is 1. The Kier molecular flexibility index (Phi) is 6.84. The maximum absolute atomic E-state index is 12.5. The van der Waals surface area contributed by atoms with Gasteiger partial charge in [0.05, 0.1) is 5.56 Å². The van der Waals surface area contributed by atoms with Crippen LogP contribution in [0.4, 0.5) is 5.82 Å². The number of nitrogens with two attached hydrogens (primary N) is 1. The highest BCUT2D eigenvalue weighted by atomic mass is 79.9. The molecule has 2 N–H and O–H groups in total. The van der Waals surface area contributed by atoms with Crippen molar-refractivity contribution in [3.05, 3.63) is 22.3 Å². The Labute approximate surface area is 123 Å². The molecule has 4 nitrogen and oxygen atoms in total. The number of nitrogens with zero attached hydrogens (tertiary/aromatic N) is 2. The molecule has 0 aliphatic rings.